The molecule has 0 aromatic rings. The molecule has 2 unspecified atom stereocenters. The molecule has 0 aliphatic carbocycles. The van der Waals surface area contributed by atoms with Crippen molar-refractivity contribution in [3.63, 3.8) is 0 Å². The standard InChI is InChI=1S/C6H11FO3S/c1-5(11(7,8)9)6-3-2-4-10-6/h5-6H,2-4H2,1H3. The number of ether oxygens (including phenoxy) is 1. The molecule has 1 heterocycles. The summed E-state index contributed by atoms with van der Waals surface area (Å²) >= 11 is 0. The third-order valence-electron chi connectivity index (χ3n) is 1.93. The zero-order valence-electron chi connectivity index (χ0n) is 6.29. The predicted octanol–water partition coefficient (Wildman–Crippen LogP) is 0.853. The zero-order valence-corrected chi connectivity index (χ0v) is 7.10. The molecule has 1 rings (SSSR count). The molecule has 0 aromatic heterocycles. The van der Waals surface area contributed by atoms with E-state index in [-0.39, 0.29) is 0 Å². The average molecular weight is 182 g/mol. The first-order valence-corrected chi connectivity index (χ1v) is 5.01. The van der Waals surface area contributed by atoms with Crippen molar-refractivity contribution >= 4 is 10.2 Å². The minimum absolute atomic E-state index is 0.440. The first kappa shape index (κ1) is 8.93. The van der Waals surface area contributed by atoms with E-state index < -0.39 is 21.6 Å². The Labute approximate surface area is 65.8 Å². The Morgan fingerprint density at radius 3 is 2.64 bits per heavy atom. The van der Waals surface area contributed by atoms with Crippen LogP contribution in [0.1, 0.15) is 19.8 Å². The van der Waals surface area contributed by atoms with E-state index in [1.54, 1.807) is 0 Å². The summed E-state index contributed by atoms with van der Waals surface area (Å²) in [5, 5.41) is -1.01. The van der Waals surface area contributed by atoms with E-state index in [0.717, 1.165) is 6.42 Å². The first-order chi connectivity index (χ1) is 5.02. The van der Waals surface area contributed by atoms with Gasteiger partial charge in [0.05, 0.1) is 6.10 Å². The minimum Gasteiger partial charge on any atom is -0.377 e. The molecule has 66 valence electrons. The van der Waals surface area contributed by atoms with Gasteiger partial charge in [-0.3, -0.25) is 0 Å². The monoisotopic (exact) mass is 182 g/mol. The van der Waals surface area contributed by atoms with E-state index >= 15 is 0 Å². The SMILES string of the molecule is CC(C1CCCO1)S(=O)(=O)F. The molecule has 3 nitrogen and oxygen atoms in total. The lowest BCUT2D eigenvalue weighted by Gasteiger charge is -2.13. The molecular weight excluding hydrogens is 171 g/mol. The number of hydrogen-bond acceptors (Lipinski definition) is 3. The lowest BCUT2D eigenvalue weighted by atomic mass is 10.2. The summed E-state index contributed by atoms with van der Waals surface area (Å²) < 4.78 is 38.1. The highest BCUT2D eigenvalue weighted by atomic mass is 32.3. The molecule has 11 heavy (non-hydrogen) atoms. The minimum atomic E-state index is -4.41. The van der Waals surface area contributed by atoms with Crippen LogP contribution in [0.25, 0.3) is 0 Å². The molecule has 5 heteroatoms. The molecular formula is C6H11FO3S. The summed E-state index contributed by atoms with van der Waals surface area (Å²) in [7, 11) is -4.41. The van der Waals surface area contributed by atoms with Gasteiger partial charge >= 0.3 is 10.2 Å². The summed E-state index contributed by atoms with van der Waals surface area (Å²) in [4.78, 5) is 0. The van der Waals surface area contributed by atoms with Gasteiger partial charge in [0.15, 0.2) is 0 Å². The fourth-order valence-corrected chi connectivity index (χ4v) is 1.73. The van der Waals surface area contributed by atoms with Crippen LogP contribution < -0.4 is 0 Å². The van der Waals surface area contributed by atoms with Crippen LogP contribution in [0.5, 0.6) is 0 Å². The second-order valence-electron chi connectivity index (χ2n) is 2.73. The maximum absolute atomic E-state index is 12.3. The fraction of sp³-hybridized carbons (Fsp3) is 1.00. The molecule has 1 aliphatic rings. The lowest BCUT2D eigenvalue weighted by Crippen LogP contribution is -2.28. The van der Waals surface area contributed by atoms with Gasteiger partial charge < -0.3 is 4.74 Å². The van der Waals surface area contributed by atoms with Gasteiger partial charge in [0.25, 0.3) is 0 Å². The summed E-state index contributed by atoms with van der Waals surface area (Å²) in [6, 6.07) is 0. The van der Waals surface area contributed by atoms with Gasteiger partial charge in [0.1, 0.15) is 5.25 Å². The molecule has 0 saturated carbocycles. The van der Waals surface area contributed by atoms with Gasteiger partial charge in [0.2, 0.25) is 0 Å². The van der Waals surface area contributed by atoms with E-state index in [1.807, 2.05) is 0 Å². The zero-order chi connectivity index (χ0) is 8.48. The molecule has 0 radical (unpaired) electrons. The third kappa shape index (κ3) is 2.13. The van der Waals surface area contributed by atoms with Gasteiger partial charge in [-0.05, 0) is 19.8 Å². The van der Waals surface area contributed by atoms with E-state index in [4.69, 9.17) is 4.74 Å². The maximum Gasteiger partial charge on any atom is 0.307 e. The molecule has 0 aromatic carbocycles. The number of hydrogen-bond donors (Lipinski definition) is 0. The smallest absolute Gasteiger partial charge is 0.307 e. The number of halogens is 1. The van der Waals surface area contributed by atoms with Crippen molar-refractivity contribution in [3.05, 3.63) is 0 Å². The van der Waals surface area contributed by atoms with Crippen molar-refractivity contribution in [1.82, 2.24) is 0 Å². The van der Waals surface area contributed by atoms with Crippen LogP contribution in [0, 0.1) is 0 Å². The van der Waals surface area contributed by atoms with E-state index in [2.05, 4.69) is 0 Å². The van der Waals surface area contributed by atoms with Crippen molar-refractivity contribution in [1.29, 1.82) is 0 Å². The van der Waals surface area contributed by atoms with Gasteiger partial charge in [-0.15, -0.1) is 3.89 Å². The normalized spacial score (nSPS) is 28.7. The van der Waals surface area contributed by atoms with Crippen molar-refractivity contribution < 1.29 is 17.0 Å². The van der Waals surface area contributed by atoms with Gasteiger partial charge in [-0.1, -0.05) is 0 Å². The molecule has 0 bridgehead atoms. The van der Waals surface area contributed by atoms with Gasteiger partial charge in [-0.2, -0.15) is 8.42 Å². The topological polar surface area (TPSA) is 43.4 Å². The van der Waals surface area contributed by atoms with E-state index in [9.17, 15) is 12.3 Å². The first-order valence-electron chi connectivity index (χ1n) is 3.57. The van der Waals surface area contributed by atoms with Crippen LogP contribution in [-0.4, -0.2) is 26.4 Å². The Balaban J connectivity index is 2.60. The second kappa shape index (κ2) is 3.06. The third-order valence-corrected chi connectivity index (χ3v) is 3.12. The lowest BCUT2D eigenvalue weighted by molar-refractivity contribution is 0.109. The average Bonchev–Trinajstić information content (AvgIpc) is 2.34. The van der Waals surface area contributed by atoms with Crippen LogP contribution in [0.2, 0.25) is 0 Å². The van der Waals surface area contributed by atoms with Crippen molar-refractivity contribution in [3.8, 4) is 0 Å². The van der Waals surface area contributed by atoms with Crippen molar-refractivity contribution in [2.45, 2.75) is 31.1 Å². The highest BCUT2D eigenvalue weighted by Gasteiger charge is 2.32. The van der Waals surface area contributed by atoms with Crippen LogP contribution in [0.15, 0.2) is 0 Å². The largest absolute Gasteiger partial charge is 0.377 e. The Morgan fingerprint density at radius 2 is 2.27 bits per heavy atom. The van der Waals surface area contributed by atoms with Crippen LogP contribution in [0.4, 0.5) is 3.89 Å². The van der Waals surface area contributed by atoms with Gasteiger partial charge in [0, 0.05) is 6.61 Å². The summed E-state index contributed by atoms with van der Waals surface area (Å²) in [6.07, 6.45) is 1.03. The van der Waals surface area contributed by atoms with E-state index in [0.29, 0.717) is 13.0 Å². The highest BCUT2D eigenvalue weighted by Crippen LogP contribution is 2.20. The van der Waals surface area contributed by atoms with Crippen molar-refractivity contribution in [2.75, 3.05) is 6.61 Å². The summed E-state index contributed by atoms with van der Waals surface area (Å²) in [6.45, 7) is 1.88. The Hall–Kier alpha value is -0.160. The highest BCUT2D eigenvalue weighted by molar-refractivity contribution is 7.87. The summed E-state index contributed by atoms with van der Waals surface area (Å²) in [5.74, 6) is 0. The Kier molecular flexibility index (Phi) is 2.49. The van der Waals surface area contributed by atoms with Crippen molar-refractivity contribution in [2.24, 2.45) is 0 Å². The van der Waals surface area contributed by atoms with Gasteiger partial charge in [-0.25, -0.2) is 0 Å². The molecule has 0 spiro atoms. The molecule has 1 aliphatic heterocycles. The second-order valence-corrected chi connectivity index (χ2v) is 4.43. The van der Waals surface area contributed by atoms with E-state index in [1.165, 1.54) is 6.92 Å². The predicted molar refractivity (Wildman–Crippen MR) is 38.5 cm³/mol. The quantitative estimate of drug-likeness (QED) is 0.595. The number of rotatable bonds is 2. The fourth-order valence-electron chi connectivity index (χ4n) is 1.15. The van der Waals surface area contributed by atoms with Crippen LogP contribution >= 0.6 is 0 Å². The molecule has 2 atom stereocenters. The molecule has 0 N–H and O–H groups in total. The summed E-state index contributed by atoms with van der Waals surface area (Å²) in [5.41, 5.74) is 0. The van der Waals surface area contributed by atoms with Crippen LogP contribution in [-0.2, 0) is 15.0 Å². The molecule has 1 saturated heterocycles. The van der Waals surface area contributed by atoms with Crippen LogP contribution in [0.3, 0.4) is 0 Å². The Bertz CT molecular complexity index is 218. The molecule has 1 fully saturated rings. The Morgan fingerprint density at radius 1 is 1.64 bits per heavy atom. The molecule has 0 amide bonds. The maximum atomic E-state index is 12.3.